The molecule has 0 spiro atoms. The van der Waals surface area contributed by atoms with Crippen molar-refractivity contribution >= 4 is 5.69 Å². The van der Waals surface area contributed by atoms with Gasteiger partial charge in [-0.05, 0) is 37.6 Å². The third kappa shape index (κ3) is 3.28. The molecule has 1 aliphatic rings. The van der Waals surface area contributed by atoms with Gasteiger partial charge in [-0.3, -0.25) is 4.90 Å². The van der Waals surface area contributed by atoms with Crippen LogP contribution in [0.15, 0.2) is 24.3 Å². The number of rotatable bonds is 5. The van der Waals surface area contributed by atoms with Gasteiger partial charge in [0.25, 0.3) is 0 Å². The minimum absolute atomic E-state index is 0.347. The van der Waals surface area contributed by atoms with Gasteiger partial charge in [0.15, 0.2) is 0 Å². The van der Waals surface area contributed by atoms with Crippen LogP contribution in [0.2, 0.25) is 0 Å². The van der Waals surface area contributed by atoms with E-state index in [2.05, 4.69) is 55.2 Å². The summed E-state index contributed by atoms with van der Waals surface area (Å²) in [6, 6.07) is 9.86. The van der Waals surface area contributed by atoms with Gasteiger partial charge in [-0.2, -0.15) is 0 Å². The summed E-state index contributed by atoms with van der Waals surface area (Å²) < 4.78 is 0. The molecule has 3 nitrogen and oxygen atoms in total. The average Bonchev–Trinajstić information content (AvgIpc) is 2.94. The van der Waals surface area contributed by atoms with Crippen molar-refractivity contribution in [1.29, 1.82) is 0 Å². The van der Waals surface area contributed by atoms with Gasteiger partial charge in [0.2, 0.25) is 0 Å². The summed E-state index contributed by atoms with van der Waals surface area (Å²) >= 11 is 0. The Kier molecular flexibility index (Phi) is 4.83. The monoisotopic (exact) mass is 261 g/mol. The van der Waals surface area contributed by atoms with Gasteiger partial charge in [-0.15, -0.1) is 0 Å². The molecule has 0 heterocycles. The second-order valence-corrected chi connectivity index (χ2v) is 5.84. The summed E-state index contributed by atoms with van der Waals surface area (Å²) in [6.07, 6.45) is 5.38. The van der Waals surface area contributed by atoms with Gasteiger partial charge in [0.1, 0.15) is 0 Å². The van der Waals surface area contributed by atoms with Crippen molar-refractivity contribution in [1.82, 2.24) is 4.90 Å². The SMILES string of the molecule is CN(C)c1ccc(C(CN)N(C)C2CCCC2)cc1. The van der Waals surface area contributed by atoms with Crippen molar-refractivity contribution < 1.29 is 0 Å². The number of anilines is 1. The van der Waals surface area contributed by atoms with Crippen LogP contribution < -0.4 is 10.6 Å². The van der Waals surface area contributed by atoms with Crippen LogP contribution in [0.3, 0.4) is 0 Å². The molecule has 19 heavy (non-hydrogen) atoms. The lowest BCUT2D eigenvalue weighted by Gasteiger charge is -2.32. The molecule has 2 N–H and O–H groups in total. The molecule has 0 aliphatic heterocycles. The first-order chi connectivity index (χ1) is 9.13. The maximum absolute atomic E-state index is 6.02. The largest absolute Gasteiger partial charge is 0.378 e. The Labute approximate surface area is 117 Å². The number of nitrogens with zero attached hydrogens (tertiary/aromatic N) is 2. The zero-order valence-corrected chi connectivity index (χ0v) is 12.5. The molecule has 0 saturated heterocycles. The first kappa shape index (κ1) is 14.4. The van der Waals surface area contributed by atoms with E-state index in [-0.39, 0.29) is 0 Å². The lowest BCUT2D eigenvalue weighted by molar-refractivity contribution is 0.179. The van der Waals surface area contributed by atoms with E-state index in [9.17, 15) is 0 Å². The molecule has 0 aromatic heterocycles. The van der Waals surface area contributed by atoms with Crippen LogP contribution in [-0.2, 0) is 0 Å². The number of likely N-dealkylation sites (N-methyl/N-ethyl adjacent to an activating group) is 1. The highest BCUT2D eigenvalue weighted by molar-refractivity contribution is 5.46. The molecule has 0 radical (unpaired) electrons. The normalized spacial score (nSPS) is 17.9. The lowest BCUT2D eigenvalue weighted by atomic mass is 10.0. The first-order valence-corrected chi connectivity index (χ1v) is 7.32. The van der Waals surface area contributed by atoms with Crippen LogP contribution >= 0.6 is 0 Å². The zero-order valence-electron chi connectivity index (χ0n) is 12.5. The Balaban J connectivity index is 2.11. The van der Waals surface area contributed by atoms with Gasteiger partial charge in [0.05, 0.1) is 0 Å². The van der Waals surface area contributed by atoms with Crippen LogP contribution in [0.5, 0.6) is 0 Å². The molecule has 1 unspecified atom stereocenters. The Morgan fingerprint density at radius 3 is 2.16 bits per heavy atom. The summed E-state index contributed by atoms with van der Waals surface area (Å²) in [5, 5.41) is 0. The second-order valence-electron chi connectivity index (χ2n) is 5.84. The van der Waals surface area contributed by atoms with E-state index in [4.69, 9.17) is 5.73 Å². The van der Waals surface area contributed by atoms with Crippen LogP contribution in [-0.4, -0.2) is 38.6 Å². The van der Waals surface area contributed by atoms with E-state index in [1.165, 1.54) is 36.9 Å². The Morgan fingerprint density at radius 2 is 1.68 bits per heavy atom. The summed E-state index contributed by atoms with van der Waals surface area (Å²) in [4.78, 5) is 4.61. The molecule has 106 valence electrons. The van der Waals surface area contributed by atoms with E-state index >= 15 is 0 Å². The van der Waals surface area contributed by atoms with Crippen molar-refractivity contribution in [3.8, 4) is 0 Å². The highest BCUT2D eigenvalue weighted by Crippen LogP contribution is 2.29. The van der Waals surface area contributed by atoms with Gasteiger partial charge in [-0.1, -0.05) is 25.0 Å². The minimum atomic E-state index is 0.347. The van der Waals surface area contributed by atoms with Crippen molar-refractivity contribution in [2.75, 3.05) is 32.6 Å². The fourth-order valence-corrected chi connectivity index (χ4v) is 3.10. The van der Waals surface area contributed by atoms with Crippen LogP contribution in [0, 0.1) is 0 Å². The van der Waals surface area contributed by atoms with Gasteiger partial charge >= 0.3 is 0 Å². The van der Waals surface area contributed by atoms with Crippen LogP contribution in [0.25, 0.3) is 0 Å². The average molecular weight is 261 g/mol. The van der Waals surface area contributed by atoms with Crippen molar-refractivity contribution in [3.05, 3.63) is 29.8 Å². The van der Waals surface area contributed by atoms with Gasteiger partial charge in [-0.25, -0.2) is 0 Å². The maximum Gasteiger partial charge on any atom is 0.0470 e. The highest BCUT2D eigenvalue weighted by Gasteiger charge is 2.25. The van der Waals surface area contributed by atoms with E-state index in [0.717, 1.165) is 0 Å². The van der Waals surface area contributed by atoms with E-state index < -0.39 is 0 Å². The third-order valence-corrected chi connectivity index (χ3v) is 4.41. The summed E-state index contributed by atoms with van der Waals surface area (Å²) in [6.45, 7) is 0.689. The van der Waals surface area contributed by atoms with Crippen molar-refractivity contribution in [2.45, 2.75) is 37.8 Å². The molecule has 1 aromatic carbocycles. The minimum Gasteiger partial charge on any atom is -0.378 e. The molecule has 1 saturated carbocycles. The van der Waals surface area contributed by atoms with E-state index in [1.54, 1.807) is 0 Å². The van der Waals surface area contributed by atoms with Crippen LogP contribution in [0.4, 0.5) is 5.69 Å². The van der Waals surface area contributed by atoms with Crippen molar-refractivity contribution in [2.24, 2.45) is 5.73 Å². The smallest absolute Gasteiger partial charge is 0.0470 e. The Bertz CT molecular complexity index is 379. The number of nitrogens with two attached hydrogens (primary N) is 1. The predicted molar refractivity (Wildman–Crippen MR) is 82.6 cm³/mol. The van der Waals surface area contributed by atoms with Crippen LogP contribution in [0.1, 0.15) is 37.3 Å². The molecule has 3 heteroatoms. The number of hydrogen-bond acceptors (Lipinski definition) is 3. The molecular weight excluding hydrogens is 234 g/mol. The molecule has 0 amide bonds. The molecule has 1 aliphatic carbocycles. The second kappa shape index (κ2) is 6.40. The molecule has 2 rings (SSSR count). The molecule has 0 bridgehead atoms. The van der Waals surface area contributed by atoms with E-state index in [1.807, 2.05) is 0 Å². The lowest BCUT2D eigenvalue weighted by Crippen LogP contribution is -2.37. The van der Waals surface area contributed by atoms with E-state index in [0.29, 0.717) is 18.6 Å². The topological polar surface area (TPSA) is 32.5 Å². The standard InChI is InChI=1S/C16H27N3/c1-18(2)14-10-8-13(9-11-14)16(12-17)19(3)15-6-4-5-7-15/h8-11,15-16H,4-7,12,17H2,1-3H3. The van der Waals surface area contributed by atoms with Crippen molar-refractivity contribution in [3.63, 3.8) is 0 Å². The summed E-state index contributed by atoms with van der Waals surface area (Å²) in [7, 11) is 6.37. The first-order valence-electron chi connectivity index (χ1n) is 7.32. The van der Waals surface area contributed by atoms with Gasteiger partial charge < -0.3 is 10.6 Å². The quantitative estimate of drug-likeness (QED) is 0.884. The zero-order chi connectivity index (χ0) is 13.8. The number of benzene rings is 1. The summed E-state index contributed by atoms with van der Waals surface area (Å²) in [5.74, 6) is 0. The number of hydrogen-bond donors (Lipinski definition) is 1. The fraction of sp³-hybridized carbons (Fsp3) is 0.625. The molecule has 1 fully saturated rings. The molecule has 1 atom stereocenters. The maximum atomic E-state index is 6.02. The predicted octanol–water partition coefficient (Wildman–Crippen LogP) is 2.63. The molecular formula is C16H27N3. The fourth-order valence-electron chi connectivity index (χ4n) is 3.10. The third-order valence-electron chi connectivity index (χ3n) is 4.41. The Morgan fingerprint density at radius 1 is 1.11 bits per heavy atom. The van der Waals surface area contributed by atoms with Gasteiger partial charge in [0, 0.05) is 38.4 Å². The summed E-state index contributed by atoms with van der Waals surface area (Å²) in [5.41, 5.74) is 8.59. The molecule has 1 aromatic rings. The highest BCUT2D eigenvalue weighted by atomic mass is 15.2. The Hall–Kier alpha value is -1.06.